The fourth-order valence-corrected chi connectivity index (χ4v) is 4.14. The third kappa shape index (κ3) is 2.55. The minimum atomic E-state index is -0.356. The number of carbonyl (C=O) groups is 1. The molecule has 3 heterocycles. The van der Waals surface area contributed by atoms with Gasteiger partial charge in [-0.3, -0.25) is 0 Å². The third-order valence-corrected chi connectivity index (χ3v) is 5.17. The van der Waals surface area contributed by atoms with E-state index in [-0.39, 0.29) is 5.97 Å². The van der Waals surface area contributed by atoms with Gasteiger partial charge in [0.15, 0.2) is 5.82 Å². The van der Waals surface area contributed by atoms with Crippen LogP contribution in [0.3, 0.4) is 0 Å². The summed E-state index contributed by atoms with van der Waals surface area (Å²) < 4.78 is 6.21. The molecule has 0 saturated heterocycles. The molecule has 0 fully saturated rings. The molecular weight excluding hydrogens is 336 g/mol. The Morgan fingerprint density at radius 3 is 2.88 bits per heavy atom. The van der Waals surface area contributed by atoms with E-state index in [9.17, 15) is 4.79 Å². The maximum absolute atomic E-state index is 12.4. The normalized spacial score (nSPS) is 13.2. The van der Waals surface area contributed by atoms with E-state index in [2.05, 4.69) is 24.2 Å². The Morgan fingerprint density at radius 2 is 2.12 bits per heavy atom. The number of para-hydroxylation sites is 1. The number of rotatable bonds is 4. The Kier molecular flexibility index (Phi) is 3.88. The molecule has 1 aromatic carbocycles. The summed E-state index contributed by atoms with van der Waals surface area (Å²) in [5, 5.41) is 12.4. The van der Waals surface area contributed by atoms with Crippen LogP contribution >= 0.6 is 11.3 Å². The van der Waals surface area contributed by atoms with Crippen LogP contribution in [0.5, 0.6) is 0 Å². The van der Waals surface area contributed by atoms with Gasteiger partial charge in [0.25, 0.3) is 0 Å². The Bertz CT molecular complexity index is 1010. The van der Waals surface area contributed by atoms with E-state index in [1.54, 1.807) is 6.92 Å². The van der Waals surface area contributed by atoms with Crippen LogP contribution in [0, 0.1) is 5.92 Å². The molecule has 0 bridgehead atoms. The molecule has 7 heteroatoms. The van der Waals surface area contributed by atoms with Gasteiger partial charge in [-0.2, -0.15) is 0 Å². The van der Waals surface area contributed by atoms with Crippen LogP contribution in [0.1, 0.15) is 30.4 Å². The zero-order valence-electron chi connectivity index (χ0n) is 14.3. The highest BCUT2D eigenvalue weighted by Gasteiger charge is 2.29. The predicted octanol–water partition coefficient (Wildman–Crippen LogP) is 5.10. The Labute approximate surface area is 149 Å². The molecule has 0 unspecified atom stereocenters. The quantitative estimate of drug-likeness (QED) is 0.611. The number of pyridine rings is 1. The number of benzene rings is 1. The fourth-order valence-electron chi connectivity index (χ4n) is 2.98. The molecule has 3 aromatic rings. The molecular formula is C18H18N4O2S. The van der Waals surface area contributed by atoms with Crippen molar-refractivity contribution in [1.29, 1.82) is 0 Å². The van der Waals surface area contributed by atoms with E-state index in [1.807, 2.05) is 29.3 Å². The van der Waals surface area contributed by atoms with E-state index in [0.717, 1.165) is 26.8 Å². The summed E-state index contributed by atoms with van der Waals surface area (Å²) >= 11 is 1.41. The van der Waals surface area contributed by atoms with Crippen LogP contribution in [0.15, 0.2) is 34.6 Å². The maximum Gasteiger partial charge on any atom is 0.350 e. The molecule has 1 aliphatic heterocycles. The number of carbonyl (C=O) groups excluding carboxylic acids is 1. The minimum Gasteiger partial charge on any atom is -0.462 e. The number of esters is 1. The summed E-state index contributed by atoms with van der Waals surface area (Å²) in [7, 11) is 0. The minimum absolute atomic E-state index is 0.328. The van der Waals surface area contributed by atoms with Gasteiger partial charge in [0.1, 0.15) is 10.6 Å². The second kappa shape index (κ2) is 6.07. The molecule has 0 saturated carbocycles. The third-order valence-electron chi connectivity index (χ3n) is 3.98. The van der Waals surface area contributed by atoms with Crippen molar-refractivity contribution < 1.29 is 9.53 Å². The molecule has 0 atom stereocenters. The molecule has 0 spiro atoms. The molecule has 1 aliphatic rings. The van der Waals surface area contributed by atoms with E-state index in [0.29, 0.717) is 29.6 Å². The largest absolute Gasteiger partial charge is 0.462 e. The smallest absolute Gasteiger partial charge is 0.350 e. The molecule has 0 N–H and O–H groups in total. The van der Waals surface area contributed by atoms with Crippen molar-refractivity contribution in [3.05, 3.63) is 29.1 Å². The van der Waals surface area contributed by atoms with Gasteiger partial charge in [-0.1, -0.05) is 37.3 Å². The van der Waals surface area contributed by atoms with E-state index >= 15 is 0 Å². The Morgan fingerprint density at radius 1 is 1.32 bits per heavy atom. The lowest BCUT2D eigenvalue weighted by Gasteiger charge is -2.22. The number of hydrogen-bond donors (Lipinski definition) is 0. The van der Waals surface area contributed by atoms with Crippen LogP contribution in [0.2, 0.25) is 0 Å². The van der Waals surface area contributed by atoms with Crippen molar-refractivity contribution in [2.75, 3.05) is 18.2 Å². The number of hydrogen-bond acceptors (Lipinski definition) is 7. The molecule has 0 radical (unpaired) electrons. The van der Waals surface area contributed by atoms with Gasteiger partial charge in [-0.05, 0) is 18.9 Å². The van der Waals surface area contributed by atoms with Crippen molar-refractivity contribution >= 4 is 49.8 Å². The monoisotopic (exact) mass is 354 g/mol. The van der Waals surface area contributed by atoms with Crippen LogP contribution in [0.25, 0.3) is 21.0 Å². The first-order chi connectivity index (χ1) is 12.1. The highest BCUT2D eigenvalue weighted by atomic mass is 32.1. The average molecular weight is 354 g/mol. The topological polar surface area (TPSA) is 67.2 Å². The van der Waals surface area contributed by atoms with Crippen molar-refractivity contribution in [2.45, 2.75) is 20.8 Å². The molecule has 0 amide bonds. The van der Waals surface area contributed by atoms with Crippen molar-refractivity contribution in [3.63, 3.8) is 0 Å². The number of fused-ring (bicyclic) bond motifs is 2. The summed E-state index contributed by atoms with van der Waals surface area (Å²) in [6.07, 6.45) is 0. The molecule has 25 heavy (non-hydrogen) atoms. The first-order valence-corrected chi connectivity index (χ1v) is 9.13. The van der Waals surface area contributed by atoms with Crippen LogP contribution in [-0.4, -0.2) is 24.1 Å². The van der Waals surface area contributed by atoms with Crippen LogP contribution in [0.4, 0.5) is 11.5 Å². The summed E-state index contributed by atoms with van der Waals surface area (Å²) in [6, 6.07) is 7.95. The van der Waals surface area contributed by atoms with E-state index < -0.39 is 0 Å². The van der Waals surface area contributed by atoms with Crippen LogP contribution in [-0.2, 0) is 4.74 Å². The van der Waals surface area contributed by atoms with Crippen molar-refractivity contribution in [1.82, 2.24) is 4.98 Å². The predicted molar refractivity (Wildman–Crippen MR) is 99.8 cm³/mol. The summed E-state index contributed by atoms with van der Waals surface area (Å²) in [4.78, 5) is 17.7. The summed E-state index contributed by atoms with van der Waals surface area (Å²) in [5.74, 6) is 0.816. The van der Waals surface area contributed by atoms with Gasteiger partial charge in [-0.25, -0.2) is 14.8 Å². The van der Waals surface area contributed by atoms with Gasteiger partial charge in [0.2, 0.25) is 0 Å². The number of ether oxygens (including phenoxy) is 1. The molecule has 6 nitrogen and oxygen atoms in total. The zero-order valence-corrected chi connectivity index (χ0v) is 15.1. The first kappa shape index (κ1) is 16.0. The summed E-state index contributed by atoms with van der Waals surface area (Å²) in [6.45, 7) is 7.09. The Hall–Kier alpha value is -2.54. The summed E-state index contributed by atoms with van der Waals surface area (Å²) in [5.41, 5.74) is 1.46. The maximum atomic E-state index is 12.4. The van der Waals surface area contributed by atoms with E-state index in [1.165, 1.54) is 11.3 Å². The standard InChI is InChI=1S/C18H18N4O2S/c1-4-24-18(23)16-14-13-15(25-16)11-7-5-6-8-12(11)19-17(13)22(21-20-14)9-10(2)3/h5-8,10H,4,9H2,1-3H3. The van der Waals surface area contributed by atoms with Gasteiger partial charge < -0.3 is 4.74 Å². The lowest BCUT2D eigenvalue weighted by atomic mass is 10.1. The van der Waals surface area contributed by atoms with Crippen LogP contribution < -0.4 is 5.01 Å². The van der Waals surface area contributed by atoms with E-state index in [4.69, 9.17) is 9.72 Å². The van der Waals surface area contributed by atoms with Gasteiger partial charge in [0.05, 0.1) is 22.2 Å². The fraction of sp³-hybridized carbons (Fsp3) is 0.333. The number of nitrogens with zero attached hydrogens (tertiary/aromatic N) is 4. The molecule has 4 rings (SSSR count). The van der Waals surface area contributed by atoms with Crippen molar-refractivity contribution in [3.8, 4) is 0 Å². The zero-order chi connectivity index (χ0) is 17.6. The number of anilines is 1. The second-order valence-electron chi connectivity index (χ2n) is 6.32. The molecule has 2 aromatic heterocycles. The first-order valence-electron chi connectivity index (χ1n) is 8.31. The number of thiophene rings is 1. The van der Waals surface area contributed by atoms with Gasteiger partial charge in [0, 0.05) is 11.9 Å². The number of aromatic nitrogens is 1. The molecule has 128 valence electrons. The Balaban J connectivity index is 2.03. The highest BCUT2D eigenvalue weighted by Crippen LogP contribution is 2.48. The SMILES string of the molecule is CCOC(=O)c1sc2c3c(nc4ccccc42)N(CC(C)C)N=Nc13. The van der Waals surface area contributed by atoms with Gasteiger partial charge in [-0.15, -0.1) is 16.5 Å². The lowest BCUT2D eigenvalue weighted by molar-refractivity contribution is 0.0533. The lowest BCUT2D eigenvalue weighted by Crippen LogP contribution is -2.23. The van der Waals surface area contributed by atoms with Crippen molar-refractivity contribution in [2.24, 2.45) is 16.3 Å². The van der Waals surface area contributed by atoms with Gasteiger partial charge >= 0.3 is 5.97 Å². The second-order valence-corrected chi connectivity index (χ2v) is 7.34. The average Bonchev–Trinajstić information content (AvgIpc) is 2.98. The molecule has 0 aliphatic carbocycles. The highest BCUT2D eigenvalue weighted by molar-refractivity contribution is 7.22.